The van der Waals surface area contributed by atoms with Crippen LogP contribution < -0.4 is 5.56 Å². The van der Waals surface area contributed by atoms with Gasteiger partial charge >= 0.3 is 0 Å². The Bertz CT molecular complexity index is 985. The van der Waals surface area contributed by atoms with Crippen molar-refractivity contribution in [3.8, 4) is 0 Å². The van der Waals surface area contributed by atoms with Crippen molar-refractivity contribution < 1.29 is 13.2 Å². The van der Waals surface area contributed by atoms with E-state index in [0.717, 1.165) is 32.1 Å². The van der Waals surface area contributed by atoms with Crippen LogP contribution >= 0.6 is 0 Å². The first-order chi connectivity index (χ1) is 13.8. The van der Waals surface area contributed by atoms with E-state index >= 15 is 0 Å². The number of H-pyrrole nitrogens is 1. The molecule has 2 aliphatic heterocycles. The second-order valence-electron chi connectivity index (χ2n) is 8.29. The van der Waals surface area contributed by atoms with Crippen molar-refractivity contribution >= 4 is 15.9 Å². The largest absolute Gasteiger partial charge is 0.332 e. The quantitative estimate of drug-likeness (QED) is 0.744. The summed E-state index contributed by atoms with van der Waals surface area (Å²) in [5, 5.41) is 0. The van der Waals surface area contributed by atoms with E-state index in [2.05, 4.69) is 22.1 Å². The molecule has 0 saturated carbocycles. The monoisotopic (exact) mass is 420 g/mol. The lowest BCUT2D eigenvalue weighted by Gasteiger charge is -2.36. The summed E-state index contributed by atoms with van der Waals surface area (Å²) >= 11 is 0. The summed E-state index contributed by atoms with van der Waals surface area (Å²) < 4.78 is 25.2. The molecule has 1 aromatic rings. The molecule has 0 radical (unpaired) electrons. The third kappa shape index (κ3) is 4.30. The first kappa shape index (κ1) is 20.3. The van der Waals surface area contributed by atoms with Gasteiger partial charge in [-0.05, 0) is 44.4 Å². The molecule has 3 aliphatic rings. The zero-order chi connectivity index (χ0) is 20.6. The molecule has 4 rings (SSSR count). The van der Waals surface area contributed by atoms with Crippen molar-refractivity contribution in [2.75, 3.05) is 19.3 Å². The minimum Gasteiger partial charge on any atom is -0.332 e. The van der Waals surface area contributed by atoms with Gasteiger partial charge in [0.05, 0.1) is 24.5 Å². The zero-order valence-corrected chi connectivity index (χ0v) is 17.6. The number of piperidine rings is 1. The van der Waals surface area contributed by atoms with Gasteiger partial charge in [0.25, 0.3) is 5.56 Å². The highest BCUT2D eigenvalue weighted by Gasteiger charge is 2.33. The lowest BCUT2D eigenvalue weighted by molar-refractivity contribution is -0.136. The Kier molecular flexibility index (Phi) is 5.61. The van der Waals surface area contributed by atoms with Crippen LogP contribution in [0.5, 0.6) is 0 Å². The van der Waals surface area contributed by atoms with Crippen molar-refractivity contribution in [3.63, 3.8) is 0 Å². The summed E-state index contributed by atoms with van der Waals surface area (Å²) in [6.45, 7) is 1.06. The number of sulfonamides is 1. The highest BCUT2D eigenvalue weighted by molar-refractivity contribution is 7.88. The molecule has 1 aliphatic carbocycles. The number of rotatable bonds is 4. The van der Waals surface area contributed by atoms with Crippen molar-refractivity contribution in [3.05, 3.63) is 39.6 Å². The van der Waals surface area contributed by atoms with Gasteiger partial charge in [-0.3, -0.25) is 9.59 Å². The van der Waals surface area contributed by atoms with Crippen LogP contribution in [0.2, 0.25) is 0 Å². The average Bonchev–Trinajstić information content (AvgIpc) is 3.20. The van der Waals surface area contributed by atoms with Crippen LogP contribution in [0, 0.1) is 5.92 Å². The van der Waals surface area contributed by atoms with Gasteiger partial charge < -0.3 is 9.88 Å². The molecule has 2 atom stereocenters. The molecule has 9 heteroatoms. The van der Waals surface area contributed by atoms with Crippen LogP contribution in [0.15, 0.2) is 16.9 Å². The van der Waals surface area contributed by atoms with Gasteiger partial charge in [0.1, 0.15) is 5.82 Å². The van der Waals surface area contributed by atoms with E-state index in [-0.39, 0.29) is 24.1 Å². The average molecular weight is 421 g/mol. The molecule has 3 heterocycles. The number of carbonyl (C=O) groups is 1. The summed E-state index contributed by atoms with van der Waals surface area (Å²) in [5.41, 5.74) is 0.852. The molecule has 1 amide bonds. The van der Waals surface area contributed by atoms with E-state index in [0.29, 0.717) is 48.9 Å². The molecule has 0 spiro atoms. The van der Waals surface area contributed by atoms with Gasteiger partial charge in [0.15, 0.2) is 0 Å². The number of nitrogens with zero attached hydrogens (tertiary/aromatic N) is 3. The van der Waals surface area contributed by atoms with Crippen LogP contribution in [-0.2, 0) is 27.8 Å². The van der Waals surface area contributed by atoms with E-state index in [4.69, 9.17) is 0 Å². The zero-order valence-electron chi connectivity index (χ0n) is 16.8. The molecule has 0 aromatic carbocycles. The van der Waals surface area contributed by atoms with Crippen LogP contribution in [-0.4, -0.2) is 52.8 Å². The molecule has 158 valence electrons. The van der Waals surface area contributed by atoms with Gasteiger partial charge in [-0.15, -0.1) is 0 Å². The first-order valence-corrected chi connectivity index (χ1v) is 12.2. The van der Waals surface area contributed by atoms with Crippen molar-refractivity contribution in [2.24, 2.45) is 5.92 Å². The smallest absolute Gasteiger partial charge is 0.254 e. The summed E-state index contributed by atoms with van der Waals surface area (Å²) in [6.07, 6.45) is 11.0. The molecule has 1 fully saturated rings. The summed E-state index contributed by atoms with van der Waals surface area (Å²) in [5.74, 6) is 0.882. The standard InChI is InChI=1S/C20H28N4O4S/c1-29(27,28)23-11-9-15-16(13-23)21-19(22-20(15)26)17-8-4-5-10-24(17)18(25)12-14-6-2-3-7-14/h2,6,14,17H,3-5,7-13H2,1H3,(H,21,22,26)/t14-,17-/m1/s1. The number of nitrogens with one attached hydrogen (secondary N) is 1. The summed E-state index contributed by atoms with van der Waals surface area (Å²) in [6, 6.07) is -0.256. The molecule has 0 unspecified atom stereocenters. The fourth-order valence-electron chi connectivity index (χ4n) is 4.60. The highest BCUT2D eigenvalue weighted by Crippen LogP contribution is 2.31. The minimum absolute atomic E-state index is 0.101. The van der Waals surface area contributed by atoms with Gasteiger partial charge in [-0.25, -0.2) is 13.4 Å². The first-order valence-electron chi connectivity index (χ1n) is 10.4. The molecule has 8 nitrogen and oxygen atoms in total. The normalized spacial score (nSPS) is 25.2. The Balaban J connectivity index is 1.60. The van der Waals surface area contributed by atoms with Crippen LogP contribution in [0.1, 0.15) is 61.6 Å². The van der Waals surface area contributed by atoms with Crippen molar-refractivity contribution in [1.82, 2.24) is 19.2 Å². The van der Waals surface area contributed by atoms with E-state index in [1.54, 1.807) is 0 Å². The second kappa shape index (κ2) is 8.02. The third-order valence-electron chi connectivity index (χ3n) is 6.21. The Hall–Kier alpha value is -2.00. The molecule has 1 aromatic heterocycles. The number of likely N-dealkylation sites (tertiary alicyclic amines) is 1. The van der Waals surface area contributed by atoms with Gasteiger partial charge in [0, 0.05) is 25.1 Å². The van der Waals surface area contributed by atoms with Crippen molar-refractivity contribution in [2.45, 2.75) is 57.5 Å². The number of aromatic amines is 1. The molecular weight excluding hydrogens is 392 g/mol. The van der Waals surface area contributed by atoms with Crippen LogP contribution in [0.25, 0.3) is 0 Å². The number of aromatic nitrogens is 2. The fourth-order valence-corrected chi connectivity index (χ4v) is 5.38. The second-order valence-corrected chi connectivity index (χ2v) is 10.3. The van der Waals surface area contributed by atoms with Gasteiger partial charge in [-0.2, -0.15) is 4.31 Å². The van der Waals surface area contributed by atoms with Gasteiger partial charge in [0.2, 0.25) is 15.9 Å². The minimum atomic E-state index is -3.35. The SMILES string of the molecule is CS(=O)(=O)N1CCc2c(nc([C@H]3CCCCN3C(=O)C[C@@H]3C=CCC3)[nH]c2=O)C1. The predicted octanol–water partition coefficient (Wildman–Crippen LogP) is 1.50. The Morgan fingerprint density at radius 3 is 2.83 bits per heavy atom. The maximum atomic E-state index is 13.0. The number of allylic oxidation sites excluding steroid dienone is 2. The number of fused-ring (bicyclic) bond motifs is 1. The summed E-state index contributed by atoms with van der Waals surface area (Å²) in [4.78, 5) is 35.1. The van der Waals surface area contributed by atoms with E-state index < -0.39 is 10.0 Å². The molecule has 1 saturated heterocycles. The maximum absolute atomic E-state index is 13.0. The molecule has 0 bridgehead atoms. The highest BCUT2D eigenvalue weighted by atomic mass is 32.2. The Morgan fingerprint density at radius 1 is 1.28 bits per heavy atom. The number of hydrogen-bond acceptors (Lipinski definition) is 5. The fraction of sp³-hybridized carbons (Fsp3) is 0.650. The topological polar surface area (TPSA) is 103 Å². The molecule has 29 heavy (non-hydrogen) atoms. The summed E-state index contributed by atoms with van der Waals surface area (Å²) in [7, 11) is -3.35. The number of carbonyl (C=O) groups excluding carboxylic acids is 1. The molecule has 1 N–H and O–H groups in total. The lowest BCUT2D eigenvalue weighted by Crippen LogP contribution is -2.42. The number of amides is 1. The van der Waals surface area contributed by atoms with E-state index in [9.17, 15) is 18.0 Å². The maximum Gasteiger partial charge on any atom is 0.254 e. The number of hydrogen-bond donors (Lipinski definition) is 1. The lowest BCUT2D eigenvalue weighted by atomic mass is 9.98. The van der Waals surface area contributed by atoms with E-state index in [1.807, 2.05) is 4.90 Å². The predicted molar refractivity (Wildman–Crippen MR) is 109 cm³/mol. The van der Waals surface area contributed by atoms with Gasteiger partial charge in [-0.1, -0.05) is 12.2 Å². The molecular formula is C20H28N4O4S. The Morgan fingerprint density at radius 2 is 2.10 bits per heavy atom. The van der Waals surface area contributed by atoms with Crippen LogP contribution in [0.4, 0.5) is 0 Å². The third-order valence-corrected chi connectivity index (χ3v) is 7.46. The van der Waals surface area contributed by atoms with Crippen LogP contribution in [0.3, 0.4) is 0 Å². The Labute approximate surface area is 171 Å². The van der Waals surface area contributed by atoms with E-state index in [1.165, 1.54) is 10.6 Å². The van der Waals surface area contributed by atoms with Crippen molar-refractivity contribution in [1.29, 1.82) is 0 Å².